The largest absolute Gasteiger partial charge is 0.508 e. The van der Waals surface area contributed by atoms with Crippen LogP contribution in [0.15, 0.2) is 34.9 Å². The number of nitrogens with zero attached hydrogens (tertiary/aromatic N) is 1. The number of halogens is 1. The molecule has 2 atom stereocenters. The Morgan fingerprint density at radius 1 is 1.28 bits per heavy atom. The number of sulfonamides is 1. The average Bonchev–Trinajstić information content (AvgIpc) is 3.39. The summed E-state index contributed by atoms with van der Waals surface area (Å²) in [6.45, 7) is 0.443. The van der Waals surface area contributed by atoms with Gasteiger partial charge >= 0.3 is 0 Å². The summed E-state index contributed by atoms with van der Waals surface area (Å²) in [6, 6.07) is 7.35. The third-order valence-corrected chi connectivity index (χ3v) is 7.78. The molecule has 9 heteroatoms. The molecule has 2 aromatic rings. The first-order chi connectivity index (χ1) is 15.3. The van der Waals surface area contributed by atoms with Crippen molar-refractivity contribution in [1.82, 2.24) is 9.71 Å². The first-order valence-electron chi connectivity index (χ1n) is 11.1. The number of benzene rings is 1. The Labute approximate surface area is 194 Å². The maximum absolute atomic E-state index is 11.7. The van der Waals surface area contributed by atoms with Gasteiger partial charge in [-0.2, -0.15) is 0 Å². The SMILES string of the molecule is CS(=O)(=O)NC1CCC(COC2CCC(c3cccc(O)c3)CC2)(c2nc(CCl)co2)C1. The molecule has 0 aliphatic heterocycles. The van der Waals surface area contributed by atoms with Crippen LogP contribution >= 0.6 is 11.6 Å². The van der Waals surface area contributed by atoms with E-state index in [1.54, 1.807) is 12.3 Å². The number of nitrogens with one attached hydrogen (secondary N) is 1. The Bertz CT molecular complexity index is 1020. The number of aromatic hydroxyl groups is 1. The van der Waals surface area contributed by atoms with Gasteiger partial charge in [0.05, 0.1) is 36.0 Å². The minimum atomic E-state index is -3.29. The summed E-state index contributed by atoms with van der Waals surface area (Å²) >= 11 is 5.92. The predicted octanol–water partition coefficient (Wildman–Crippen LogP) is 4.20. The number of oxazole rings is 1. The Morgan fingerprint density at radius 2 is 2.06 bits per heavy atom. The summed E-state index contributed by atoms with van der Waals surface area (Å²) in [5, 5.41) is 9.76. The van der Waals surface area contributed by atoms with E-state index in [0.717, 1.165) is 32.1 Å². The number of hydrogen-bond acceptors (Lipinski definition) is 6. The zero-order valence-electron chi connectivity index (χ0n) is 18.3. The van der Waals surface area contributed by atoms with Crippen molar-refractivity contribution in [3.05, 3.63) is 47.7 Å². The molecule has 0 bridgehead atoms. The molecule has 2 N–H and O–H groups in total. The first-order valence-corrected chi connectivity index (χ1v) is 13.6. The number of phenols is 1. The molecule has 32 heavy (non-hydrogen) atoms. The van der Waals surface area contributed by atoms with Gasteiger partial charge in [0.15, 0.2) is 0 Å². The molecule has 2 saturated carbocycles. The van der Waals surface area contributed by atoms with Crippen LogP contribution in [-0.2, 0) is 26.1 Å². The highest BCUT2D eigenvalue weighted by atomic mass is 35.5. The van der Waals surface area contributed by atoms with Crippen molar-refractivity contribution in [2.45, 2.75) is 74.3 Å². The van der Waals surface area contributed by atoms with Gasteiger partial charge in [-0.15, -0.1) is 11.6 Å². The smallest absolute Gasteiger partial charge is 0.208 e. The topological polar surface area (TPSA) is 102 Å². The Hall–Kier alpha value is -1.61. The molecule has 2 aliphatic rings. The van der Waals surface area contributed by atoms with Gasteiger partial charge in [0.1, 0.15) is 12.0 Å². The van der Waals surface area contributed by atoms with E-state index in [-0.39, 0.29) is 18.0 Å². The summed E-state index contributed by atoms with van der Waals surface area (Å²) in [5.41, 5.74) is 1.39. The number of hydrogen-bond donors (Lipinski definition) is 2. The summed E-state index contributed by atoms with van der Waals surface area (Å²) in [5.74, 6) is 1.59. The first kappa shape index (κ1) is 23.5. The Kier molecular flexibility index (Phi) is 7.14. The van der Waals surface area contributed by atoms with E-state index in [2.05, 4.69) is 15.8 Å². The molecule has 0 spiro atoms. The van der Waals surface area contributed by atoms with Gasteiger partial charge in [-0.05, 0) is 68.6 Å². The van der Waals surface area contributed by atoms with Crippen LogP contribution in [0.2, 0.25) is 0 Å². The van der Waals surface area contributed by atoms with E-state index < -0.39 is 15.4 Å². The van der Waals surface area contributed by atoms with Crippen LogP contribution in [0.5, 0.6) is 5.75 Å². The van der Waals surface area contributed by atoms with Crippen LogP contribution in [-0.4, -0.2) is 43.5 Å². The molecule has 0 saturated heterocycles. The molecular weight excluding hydrogens is 452 g/mol. The van der Waals surface area contributed by atoms with E-state index >= 15 is 0 Å². The van der Waals surface area contributed by atoms with E-state index in [1.807, 2.05) is 12.1 Å². The third-order valence-electron chi connectivity index (χ3n) is 6.74. The van der Waals surface area contributed by atoms with E-state index in [0.29, 0.717) is 42.7 Å². The van der Waals surface area contributed by atoms with Crippen LogP contribution in [0.3, 0.4) is 0 Å². The normalized spacial score (nSPS) is 28.8. The van der Waals surface area contributed by atoms with Crippen LogP contribution in [0.1, 0.15) is 68.0 Å². The second kappa shape index (κ2) is 9.71. The molecule has 7 nitrogen and oxygen atoms in total. The van der Waals surface area contributed by atoms with Crippen molar-refractivity contribution < 1.29 is 22.7 Å². The zero-order chi connectivity index (χ0) is 22.8. The van der Waals surface area contributed by atoms with E-state index in [4.69, 9.17) is 20.8 Å². The molecule has 1 aromatic carbocycles. The Morgan fingerprint density at radius 3 is 2.72 bits per heavy atom. The fourth-order valence-electron chi connectivity index (χ4n) is 5.15. The lowest BCUT2D eigenvalue weighted by Crippen LogP contribution is -2.37. The van der Waals surface area contributed by atoms with Crippen molar-refractivity contribution in [2.24, 2.45) is 0 Å². The summed E-state index contributed by atoms with van der Waals surface area (Å²) in [6.07, 6.45) is 8.84. The lowest BCUT2D eigenvalue weighted by atomic mass is 9.82. The molecule has 2 aliphatic carbocycles. The summed E-state index contributed by atoms with van der Waals surface area (Å²) in [4.78, 5) is 4.56. The molecule has 2 unspecified atom stereocenters. The molecule has 0 radical (unpaired) electrons. The molecule has 1 aromatic heterocycles. The quantitative estimate of drug-likeness (QED) is 0.547. The molecule has 176 valence electrons. The highest BCUT2D eigenvalue weighted by molar-refractivity contribution is 7.88. The van der Waals surface area contributed by atoms with Crippen molar-refractivity contribution in [3.8, 4) is 5.75 Å². The van der Waals surface area contributed by atoms with Gasteiger partial charge in [0.2, 0.25) is 15.9 Å². The second-order valence-electron chi connectivity index (χ2n) is 9.27. The molecule has 0 amide bonds. The van der Waals surface area contributed by atoms with Gasteiger partial charge in [0, 0.05) is 6.04 Å². The van der Waals surface area contributed by atoms with Gasteiger partial charge in [-0.3, -0.25) is 0 Å². The molecule has 4 rings (SSSR count). The van der Waals surface area contributed by atoms with Crippen LogP contribution in [0.25, 0.3) is 0 Å². The van der Waals surface area contributed by atoms with Gasteiger partial charge < -0.3 is 14.3 Å². The van der Waals surface area contributed by atoms with Gasteiger partial charge in [0.25, 0.3) is 0 Å². The van der Waals surface area contributed by atoms with Crippen molar-refractivity contribution in [2.75, 3.05) is 12.9 Å². The van der Waals surface area contributed by atoms with Crippen LogP contribution in [0, 0.1) is 0 Å². The molecule has 2 fully saturated rings. The van der Waals surface area contributed by atoms with Crippen molar-refractivity contribution in [3.63, 3.8) is 0 Å². The van der Waals surface area contributed by atoms with Crippen molar-refractivity contribution >= 4 is 21.6 Å². The number of phenolic OH excluding ortho intramolecular Hbond substituents is 1. The highest BCUT2D eigenvalue weighted by Gasteiger charge is 2.46. The number of ether oxygens (including phenoxy) is 1. The maximum atomic E-state index is 11.7. The van der Waals surface area contributed by atoms with Crippen LogP contribution in [0.4, 0.5) is 0 Å². The minimum Gasteiger partial charge on any atom is -0.508 e. The van der Waals surface area contributed by atoms with E-state index in [1.165, 1.54) is 11.8 Å². The lowest BCUT2D eigenvalue weighted by Gasteiger charge is -2.32. The highest BCUT2D eigenvalue weighted by Crippen LogP contribution is 2.43. The standard InChI is InChI=1S/C23H31ClN2O5S/c1-32(28,29)26-18-9-10-23(12-18,22-25-19(13-24)14-30-22)15-31-21-7-5-16(6-8-21)17-3-2-4-20(27)11-17/h2-4,11,14,16,18,21,26-27H,5-10,12-13,15H2,1H3. The van der Waals surface area contributed by atoms with Crippen molar-refractivity contribution in [1.29, 1.82) is 0 Å². The second-order valence-corrected chi connectivity index (χ2v) is 11.3. The van der Waals surface area contributed by atoms with Gasteiger partial charge in [-0.25, -0.2) is 18.1 Å². The molecule has 1 heterocycles. The third kappa shape index (κ3) is 5.65. The maximum Gasteiger partial charge on any atom is 0.208 e. The van der Waals surface area contributed by atoms with E-state index in [9.17, 15) is 13.5 Å². The zero-order valence-corrected chi connectivity index (χ0v) is 19.9. The number of aromatic nitrogens is 1. The Balaban J connectivity index is 1.40. The number of alkyl halides is 1. The van der Waals surface area contributed by atoms with Crippen LogP contribution < -0.4 is 4.72 Å². The minimum absolute atomic E-state index is 0.143. The fraction of sp³-hybridized carbons (Fsp3) is 0.609. The number of rotatable bonds is 8. The lowest BCUT2D eigenvalue weighted by molar-refractivity contribution is -0.0100. The predicted molar refractivity (Wildman–Crippen MR) is 122 cm³/mol. The summed E-state index contributed by atoms with van der Waals surface area (Å²) < 4.78 is 38.4. The molecular formula is C23H31ClN2O5S. The monoisotopic (exact) mass is 482 g/mol. The summed E-state index contributed by atoms with van der Waals surface area (Å²) in [7, 11) is -3.29. The average molecular weight is 483 g/mol. The van der Waals surface area contributed by atoms with Gasteiger partial charge in [-0.1, -0.05) is 12.1 Å². The fourth-order valence-corrected chi connectivity index (χ4v) is 6.08.